The fraction of sp³-hybridized carbons (Fsp3) is 0.474. The molecule has 5 rings (SSSR count). The van der Waals surface area contributed by atoms with E-state index in [4.69, 9.17) is 9.47 Å². The van der Waals surface area contributed by atoms with Crippen LogP contribution in [0.4, 0.5) is 5.69 Å². The fourth-order valence-corrected chi connectivity index (χ4v) is 7.18. The Morgan fingerprint density at radius 1 is 1.07 bits per heavy atom. The monoisotopic (exact) mass is 628 g/mol. The van der Waals surface area contributed by atoms with Crippen molar-refractivity contribution in [3.05, 3.63) is 89.0 Å². The molecule has 0 radical (unpaired) electrons. The van der Waals surface area contributed by atoms with Gasteiger partial charge >= 0.3 is 5.97 Å². The number of carbonyl (C=O) groups is 2. The lowest BCUT2D eigenvalue weighted by Gasteiger charge is -2.30. The van der Waals surface area contributed by atoms with Gasteiger partial charge in [-0.05, 0) is 60.2 Å². The van der Waals surface area contributed by atoms with Gasteiger partial charge in [-0.15, -0.1) is 0 Å². The number of para-hydroxylation sites is 1. The molecule has 246 valence electrons. The highest BCUT2D eigenvalue weighted by Gasteiger charge is 2.47. The number of benzene rings is 3. The maximum Gasteiger partial charge on any atom is 0.308 e. The Morgan fingerprint density at radius 3 is 2.61 bits per heavy atom. The molecule has 0 bridgehead atoms. The van der Waals surface area contributed by atoms with E-state index in [1.54, 1.807) is 7.11 Å². The highest BCUT2D eigenvalue weighted by atomic mass is 16.5. The van der Waals surface area contributed by atoms with Crippen molar-refractivity contribution in [2.24, 2.45) is 5.92 Å². The van der Waals surface area contributed by atoms with E-state index in [2.05, 4.69) is 51.2 Å². The highest BCUT2D eigenvalue weighted by molar-refractivity contribution is 5.95. The molecule has 0 spiro atoms. The number of amides is 1. The normalized spacial score (nSPS) is 19.5. The van der Waals surface area contributed by atoms with Crippen LogP contribution in [-0.2, 0) is 29.0 Å². The van der Waals surface area contributed by atoms with E-state index < -0.39 is 11.9 Å². The third kappa shape index (κ3) is 7.91. The van der Waals surface area contributed by atoms with Crippen molar-refractivity contribution < 1.29 is 28.7 Å². The van der Waals surface area contributed by atoms with E-state index in [0.717, 1.165) is 64.2 Å². The minimum Gasteiger partial charge on any atom is -0.496 e. The topological polar surface area (TPSA) is 79.3 Å². The molecule has 1 amide bonds. The lowest BCUT2D eigenvalue weighted by atomic mass is 9.83. The van der Waals surface area contributed by atoms with Crippen LogP contribution in [0.2, 0.25) is 0 Å². The number of fused-ring (bicyclic) bond motifs is 1. The van der Waals surface area contributed by atoms with Crippen molar-refractivity contribution >= 4 is 17.6 Å². The van der Waals surface area contributed by atoms with Crippen LogP contribution in [0.15, 0.2) is 66.7 Å². The average Bonchev–Trinajstić information content (AvgIpc) is 3.64. The first-order valence-corrected chi connectivity index (χ1v) is 16.6. The first kappa shape index (κ1) is 33.5. The summed E-state index contributed by atoms with van der Waals surface area (Å²) in [6.45, 7) is 4.93. The number of rotatable bonds is 14. The summed E-state index contributed by atoms with van der Waals surface area (Å²) in [4.78, 5) is 31.4. The molecule has 8 heteroatoms. The van der Waals surface area contributed by atoms with Crippen LogP contribution in [0.25, 0.3) is 0 Å². The second kappa shape index (κ2) is 14.7. The fourth-order valence-electron chi connectivity index (χ4n) is 7.18. The van der Waals surface area contributed by atoms with Gasteiger partial charge in [0.15, 0.2) is 0 Å². The molecule has 46 heavy (non-hydrogen) atoms. The number of hydrogen-bond donors (Lipinski definition) is 1. The summed E-state index contributed by atoms with van der Waals surface area (Å²) < 4.78 is 12.1. The number of quaternary nitrogens is 1. The number of hydrogen-bond acceptors (Lipinski definition) is 5. The molecule has 2 heterocycles. The minimum absolute atomic E-state index is 0.00489. The predicted molar refractivity (Wildman–Crippen MR) is 182 cm³/mol. The largest absolute Gasteiger partial charge is 0.496 e. The molecule has 1 saturated heterocycles. The van der Waals surface area contributed by atoms with Gasteiger partial charge in [-0.3, -0.25) is 14.5 Å². The summed E-state index contributed by atoms with van der Waals surface area (Å²) >= 11 is 0. The highest BCUT2D eigenvalue weighted by Crippen LogP contribution is 2.42. The maximum atomic E-state index is 14.3. The first-order chi connectivity index (χ1) is 22.1. The van der Waals surface area contributed by atoms with Crippen molar-refractivity contribution in [3.63, 3.8) is 0 Å². The zero-order valence-electron chi connectivity index (χ0n) is 28.1. The van der Waals surface area contributed by atoms with Gasteiger partial charge in [0.05, 0.1) is 47.3 Å². The minimum atomic E-state index is -0.822. The van der Waals surface area contributed by atoms with Crippen LogP contribution >= 0.6 is 0 Å². The Labute approximate surface area is 274 Å². The first-order valence-electron chi connectivity index (χ1n) is 16.6. The van der Waals surface area contributed by atoms with Crippen LogP contribution in [0.3, 0.4) is 0 Å². The molecule has 1 N–H and O–H groups in total. The number of aryl methyl sites for hydroxylation is 1. The number of likely N-dealkylation sites (tertiary alicyclic amines) is 1. The number of carbonyl (C=O) groups excluding carboxylic acids is 1. The quantitative estimate of drug-likeness (QED) is 0.229. The third-order valence-corrected chi connectivity index (χ3v) is 9.33. The molecule has 2 aliphatic heterocycles. The van der Waals surface area contributed by atoms with E-state index in [1.165, 1.54) is 5.56 Å². The predicted octanol–water partition coefficient (Wildman–Crippen LogP) is 5.77. The summed E-state index contributed by atoms with van der Waals surface area (Å²) in [7, 11) is 8.14. The molecule has 8 nitrogen and oxygen atoms in total. The van der Waals surface area contributed by atoms with E-state index in [9.17, 15) is 14.7 Å². The molecule has 0 aliphatic carbocycles. The van der Waals surface area contributed by atoms with Gasteiger partial charge in [0.25, 0.3) is 0 Å². The van der Waals surface area contributed by atoms with Crippen molar-refractivity contribution in [1.29, 1.82) is 0 Å². The van der Waals surface area contributed by atoms with Crippen LogP contribution in [0.5, 0.6) is 11.5 Å². The summed E-state index contributed by atoms with van der Waals surface area (Å²) in [6.07, 6.45) is 3.94. The Bertz CT molecular complexity index is 1520. The number of aliphatic carboxylic acids is 1. The van der Waals surface area contributed by atoms with Crippen LogP contribution in [0, 0.1) is 5.92 Å². The van der Waals surface area contributed by atoms with E-state index in [1.807, 2.05) is 53.4 Å². The Balaban J connectivity index is 1.45. The average molecular weight is 629 g/mol. The number of carboxylic acids is 1. The molecule has 2 aliphatic rings. The number of nitrogens with zero attached hydrogens (tertiary/aromatic N) is 3. The van der Waals surface area contributed by atoms with Gasteiger partial charge in [-0.2, -0.15) is 0 Å². The lowest BCUT2D eigenvalue weighted by Crippen LogP contribution is -2.44. The van der Waals surface area contributed by atoms with Gasteiger partial charge in [0.2, 0.25) is 5.91 Å². The molecule has 3 atom stereocenters. The lowest BCUT2D eigenvalue weighted by molar-refractivity contribution is -0.884. The molecule has 0 aromatic heterocycles. The van der Waals surface area contributed by atoms with E-state index >= 15 is 0 Å². The maximum absolute atomic E-state index is 14.3. The Kier molecular flexibility index (Phi) is 10.7. The number of methoxy groups -OCH3 is 1. The Morgan fingerprint density at radius 2 is 1.87 bits per heavy atom. The summed E-state index contributed by atoms with van der Waals surface area (Å²) in [5.74, 6) is -0.0318. The van der Waals surface area contributed by atoms with Gasteiger partial charge in [0.1, 0.15) is 18.0 Å². The molecule has 1 fully saturated rings. The molecular weight excluding hydrogens is 578 g/mol. The van der Waals surface area contributed by atoms with Gasteiger partial charge in [-0.1, -0.05) is 55.8 Å². The zero-order valence-corrected chi connectivity index (χ0v) is 28.1. The van der Waals surface area contributed by atoms with Gasteiger partial charge < -0.3 is 24.0 Å². The molecule has 3 aromatic carbocycles. The van der Waals surface area contributed by atoms with E-state index in [0.29, 0.717) is 32.5 Å². The summed E-state index contributed by atoms with van der Waals surface area (Å²) in [5.41, 5.74) is 5.25. The molecule has 1 unspecified atom stereocenters. The second-order valence-corrected chi connectivity index (χ2v) is 13.8. The molecular formula is C38H50N3O5+. The van der Waals surface area contributed by atoms with Gasteiger partial charge in [-0.25, -0.2) is 0 Å². The van der Waals surface area contributed by atoms with Crippen molar-refractivity contribution in [2.75, 3.05) is 59.4 Å². The molecule has 0 saturated carbocycles. The van der Waals surface area contributed by atoms with E-state index in [-0.39, 0.29) is 24.4 Å². The number of unbranched alkanes of at least 4 members (excludes halogenated alkanes) is 1. The number of carboxylic acid groups (broad SMARTS) is 1. The molecule has 3 aromatic rings. The summed E-state index contributed by atoms with van der Waals surface area (Å²) in [6, 6.07) is 22.0. The van der Waals surface area contributed by atoms with Crippen LogP contribution < -0.4 is 14.4 Å². The third-order valence-electron chi connectivity index (χ3n) is 9.33. The second-order valence-electron chi connectivity index (χ2n) is 13.8. The zero-order chi connectivity index (χ0) is 32.8. The van der Waals surface area contributed by atoms with Crippen LogP contribution in [0.1, 0.15) is 54.4 Å². The standard InChI is InChI=1S/C38H49N3O5/c1-6-7-20-40(31-13-10-11-27(22-31)26-41(2,3)4)36(42)25-39-24-32(29-16-18-35-30(23-29)19-21-46-35)37(38(43)44)33(39)17-15-28-12-8-9-14-34(28)45-5/h8-14,16,18,22-23,32-33,37H,6-7,15,17,19-21,24-26H2,1-5H3/p+1/t32-,33+,37?/m1/s1. The number of ether oxygens (including phenoxy) is 2. The SMILES string of the molecule is CCCCN(C(=O)CN1C[C@H](c2ccc3c(c2)CCO3)C(C(=O)O)[C@@H]1CCc1ccccc1OC)c1cccc(C[N+](C)(C)C)c1. The Hall–Kier alpha value is -3.88. The summed E-state index contributed by atoms with van der Waals surface area (Å²) in [5, 5.41) is 10.7. The van der Waals surface area contributed by atoms with Crippen molar-refractivity contribution in [2.45, 2.75) is 57.5 Å². The number of anilines is 1. The van der Waals surface area contributed by atoms with Crippen molar-refractivity contribution in [1.82, 2.24) is 4.90 Å². The smallest absolute Gasteiger partial charge is 0.308 e. The van der Waals surface area contributed by atoms with Crippen molar-refractivity contribution in [3.8, 4) is 11.5 Å². The van der Waals surface area contributed by atoms with Crippen LogP contribution in [-0.4, -0.2) is 86.9 Å². The van der Waals surface area contributed by atoms with Gasteiger partial charge in [0, 0.05) is 42.7 Å².